The third-order valence-corrected chi connectivity index (χ3v) is 3.42. The van der Waals surface area contributed by atoms with E-state index in [1.165, 1.54) is 4.90 Å². The molecule has 8 heteroatoms. The lowest BCUT2D eigenvalue weighted by Gasteiger charge is -2.39. The predicted molar refractivity (Wildman–Crippen MR) is 97.0 cm³/mol. The molecule has 0 radical (unpaired) electrons. The molecule has 26 heavy (non-hydrogen) atoms. The molecule has 2 amide bonds. The number of carbonyl (C=O) groups is 2. The first-order valence-electron chi connectivity index (χ1n) is 9.06. The Morgan fingerprint density at radius 1 is 0.885 bits per heavy atom. The van der Waals surface area contributed by atoms with Gasteiger partial charge in [0.2, 0.25) is 0 Å². The van der Waals surface area contributed by atoms with E-state index in [4.69, 9.17) is 19.3 Å². The quantitative estimate of drug-likeness (QED) is 0.797. The number of carbonyl (C=O) groups excluding carboxylic acids is 2. The highest BCUT2D eigenvalue weighted by molar-refractivity contribution is 5.69. The summed E-state index contributed by atoms with van der Waals surface area (Å²) in [5.74, 6) is 0. The van der Waals surface area contributed by atoms with Crippen molar-refractivity contribution in [2.45, 2.75) is 71.9 Å². The summed E-state index contributed by atoms with van der Waals surface area (Å²) in [5, 5.41) is 8.92. The lowest BCUT2D eigenvalue weighted by atomic mass is 10.2. The van der Waals surface area contributed by atoms with Gasteiger partial charge in [-0.3, -0.25) is 0 Å². The lowest BCUT2D eigenvalue weighted by Crippen LogP contribution is -2.55. The normalized spacial score (nSPS) is 18.3. The Morgan fingerprint density at radius 3 is 1.58 bits per heavy atom. The Bertz CT molecular complexity index is 471. The van der Waals surface area contributed by atoms with E-state index in [0.717, 1.165) is 0 Å². The van der Waals surface area contributed by atoms with Crippen LogP contribution in [0.1, 0.15) is 48.5 Å². The number of likely N-dealkylation sites (tertiary alicyclic amines) is 2. The van der Waals surface area contributed by atoms with Crippen molar-refractivity contribution in [1.29, 1.82) is 0 Å². The van der Waals surface area contributed by atoms with Gasteiger partial charge in [0, 0.05) is 6.61 Å². The third kappa shape index (κ3) is 8.23. The van der Waals surface area contributed by atoms with E-state index in [0.29, 0.717) is 32.8 Å². The molecule has 2 fully saturated rings. The van der Waals surface area contributed by atoms with Crippen molar-refractivity contribution in [1.82, 2.24) is 9.80 Å². The summed E-state index contributed by atoms with van der Waals surface area (Å²) in [6, 6.07) is 0. The van der Waals surface area contributed by atoms with Crippen LogP contribution in [-0.4, -0.2) is 83.3 Å². The first-order valence-corrected chi connectivity index (χ1v) is 9.06. The van der Waals surface area contributed by atoms with Crippen LogP contribution in [0.4, 0.5) is 9.59 Å². The summed E-state index contributed by atoms with van der Waals surface area (Å²) in [6.07, 6.45) is -0.744. The van der Waals surface area contributed by atoms with E-state index < -0.39 is 11.2 Å². The molecule has 2 aliphatic heterocycles. The second-order valence-electron chi connectivity index (χ2n) is 8.50. The topological polar surface area (TPSA) is 88.5 Å². The van der Waals surface area contributed by atoms with Gasteiger partial charge in [0.15, 0.2) is 0 Å². The van der Waals surface area contributed by atoms with Crippen LogP contribution >= 0.6 is 0 Å². The summed E-state index contributed by atoms with van der Waals surface area (Å²) < 4.78 is 15.6. The van der Waals surface area contributed by atoms with Crippen LogP contribution in [0.5, 0.6) is 0 Å². The number of rotatable bonds is 2. The van der Waals surface area contributed by atoms with Crippen molar-refractivity contribution in [3.63, 3.8) is 0 Å². The summed E-state index contributed by atoms with van der Waals surface area (Å²) >= 11 is 0. The number of nitrogens with zero attached hydrogens (tertiary/aromatic N) is 2. The summed E-state index contributed by atoms with van der Waals surface area (Å²) in [5.41, 5.74) is -0.856. The molecular formula is C18H34N2O6. The molecule has 1 N–H and O–H groups in total. The van der Waals surface area contributed by atoms with Crippen LogP contribution in [0.3, 0.4) is 0 Å². The molecular weight excluding hydrogens is 340 g/mol. The monoisotopic (exact) mass is 374 g/mol. The molecule has 0 aromatic rings. The van der Waals surface area contributed by atoms with Gasteiger partial charge in [0.05, 0.1) is 38.4 Å². The third-order valence-electron chi connectivity index (χ3n) is 3.42. The van der Waals surface area contributed by atoms with E-state index in [1.807, 2.05) is 48.5 Å². The maximum atomic E-state index is 11.4. The highest BCUT2D eigenvalue weighted by Crippen LogP contribution is 2.17. The zero-order valence-electron chi connectivity index (χ0n) is 17.1. The van der Waals surface area contributed by atoms with Gasteiger partial charge in [-0.2, -0.15) is 0 Å². The number of amides is 2. The molecule has 2 aliphatic rings. The maximum absolute atomic E-state index is 11.4. The number of hydrogen-bond acceptors (Lipinski definition) is 6. The molecule has 2 rings (SSSR count). The molecule has 152 valence electrons. The summed E-state index contributed by atoms with van der Waals surface area (Å²) in [7, 11) is 0. The van der Waals surface area contributed by atoms with Crippen molar-refractivity contribution in [2.24, 2.45) is 0 Å². The van der Waals surface area contributed by atoms with E-state index in [-0.39, 0.29) is 24.4 Å². The predicted octanol–water partition coefficient (Wildman–Crippen LogP) is 2.24. The average Bonchev–Trinajstić information content (AvgIpc) is 2.35. The molecule has 0 aromatic carbocycles. The van der Waals surface area contributed by atoms with Gasteiger partial charge in [-0.05, 0) is 48.5 Å². The number of ether oxygens (including phenoxy) is 3. The Kier molecular flexibility index (Phi) is 7.70. The first-order chi connectivity index (χ1) is 11.8. The largest absolute Gasteiger partial charge is 0.444 e. The molecule has 0 bridgehead atoms. The zero-order chi connectivity index (χ0) is 20.1. The summed E-state index contributed by atoms with van der Waals surface area (Å²) in [4.78, 5) is 25.8. The fourth-order valence-corrected chi connectivity index (χ4v) is 2.19. The minimum absolute atomic E-state index is 0.201. The van der Waals surface area contributed by atoms with Crippen molar-refractivity contribution in [3.05, 3.63) is 0 Å². The molecule has 2 heterocycles. The highest BCUT2D eigenvalue weighted by atomic mass is 16.6. The van der Waals surface area contributed by atoms with Gasteiger partial charge in [0.1, 0.15) is 11.2 Å². The van der Waals surface area contributed by atoms with Crippen molar-refractivity contribution < 1.29 is 28.9 Å². The van der Waals surface area contributed by atoms with Crippen molar-refractivity contribution >= 4 is 12.2 Å². The Morgan fingerprint density at radius 2 is 1.27 bits per heavy atom. The number of aliphatic hydroxyl groups is 1. The first kappa shape index (κ1) is 22.5. The summed E-state index contributed by atoms with van der Waals surface area (Å²) in [6.45, 7) is 15.8. The van der Waals surface area contributed by atoms with E-state index in [1.54, 1.807) is 4.90 Å². The van der Waals surface area contributed by atoms with E-state index in [9.17, 15) is 9.59 Å². The molecule has 0 saturated carbocycles. The van der Waals surface area contributed by atoms with E-state index >= 15 is 0 Å². The Balaban J connectivity index is 0.000000263. The molecule has 8 nitrogen and oxygen atoms in total. The minimum Gasteiger partial charge on any atom is -0.444 e. The molecule has 0 atom stereocenters. The molecule has 0 unspecified atom stereocenters. The Hall–Kier alpha value is -1.54. The zero-order valence-corrected chi connectivity index (χ0v) is 17.1. The van der Waals surface area contributed by atoms with Gasteiger partial charge in [-0.15, -0.1) is 0 Å². The van der Waals surface area contributed by atoms with Crippen LogP contribution in [0.25, 0.3) is 0 Å². The SMILES string of the molecule is CC(C)(C)OC(=O)N1CC(O)C1.CCOC1CN(C(=O)OC(C)(C)C)C1. The average molecular weight is 374 g/mol. The fraction of sp³-hybridized carbons (Fsp3) is 0.889. The van der Waals surface area contributed by atoms with Gasteiger partial charge in [0.25, 0.3) is 0 Å². The highest BCUT2D eigenvalue weighted by Gasteiger charge is 2.34. The standard InChI is InChI=1S/C10H19NO3.C8H15NO3/c1-5-13-8-6-11(7-8)9(12)14-10(2,3)4;1-8(2,3)12-7(11)9-4-6(10)5-9/h8H,5-7H2,1-4H3;6,10H,4-5H2,1-3H3. The van der Waals surface area contributed by atoms with E-state index in [2.05, 4.69) is 0 Å². The van der Waals surface area contributed by atoms with Gasteiger partial charge in [-0.1, -0.05) is 0 Å². The second-order valence-corrected chi connectivity index (χ2v) is 8.50. The van der Waals surface area contributed by atoms with Crippen LogP contribution in [0.2, 0.25) is 0 Å². The molecule has 0 spiro atoms. The van der Waals surface area contributed by atoms with Crippen molar-refractivity contribution in [3.8, 4) is 0 Å². The number of hydrogen-bond donors (Lipinski definition) is 1. The van der Waals surface area contributed by atoms with Crippen LogP contribution in [0, 0.1) is 0 Å². The number of aliphatic hydroxyl groups excluding tert-OH is 1. The van der Waals surface area contributed by atoms with Gasteiger partial charge < -0.3 is 29.1 Å². The van der Waals surface area contributed by atoms with Gasteiger partial charge >= 0.3 is 12.2 Å². The minimum atomic E-state index is -0.447. The van der Waals surface area contributed by atoms with Gasteiger partial charge in [-0.25, -0.2) is 9.59 Å². The second kappa shape index (κ2) is 8.90. The van der Waals surface area contributed by atoms with Crippen LogP contribution in [-0.2, 0) is 14.2 Å². The smallest absolute Gasteiger partial charge is 0.410 e. The molecule has 0 aliphatic carbocycles. The molecule has 0 aromatic heterocycles. The lowest BCUT2D eigenvalue weighted by molar-refractivity contribution is -0.0596. The maximum Gasteiger partial charge on any atom is 0.410 e. The fourth-order valence-electron chi connectivity index (χ4n) is 2.19. The molecule has 2 saturated heterocycles. The Labute approximate surface area is 156 Å². The number of β-amino-alcohol motifs (C(OH)–C–C–N with tert-alkyl or cyclic N) is 1. The van der Waals surface area contributed by atoms with Crippen LogP contribution in [0.15, 0.2) is 0 Å². The van der Waals surface area contributed by atoms with Crippen molar-refractivity contribution in [2.75, 3.05) is 32.8 Å². The van der Waals surface area contributed by atoms with Crippen LogP contribution < -0.4 is 0 Å².